The molecule has 0 fully saturated rings. The van der Waals surface area contributed by atoms with Crippen LogP contribution in [0.4, 0.5) is 0 Å². The lowest BCUT2D eigenvalue weighted by Gasteiger charge is -2.12. The third kappa shape index (κ3) is 6.21. The van der Waals surface area contributed by atoms with E-state index in [0.29, 0.717) is 0 Å². The SMILES string of the molecule is c1ccc(-c2ccccc2-c2ccc3c(c2)c2cnccc2n3-c2cccc(-c3cccc4c3oc3ccc(-n5c6ccncc6c6cc(-c7ccccc7-c7ccccn7)ccc65)cc34)c2)nc1. The molecule has 7 nitrogen and oxygen atoms in total. The molecule has 322 valence electrons. The molecule has 0 aliphatic carbocycles. The average molecular weight is 883 g/mol. The highest BCUT2D eigenvalue weighted by Gasteiger charge is 2.20. The standard InChI is InChI=1S/C62H38N6O/c1-3-15-47(55-19-5-7-29-65-55)44(13-1)40-21-24-57-50(34-40)53-37-63-31-27-59(53)67(57)42-12-9-11-39(33-42)46-17-10-18-49-52-36-43(23-26-61(52)69-62(46)49)68-58-25-22-41(35-51(58)54-38-64-32-28-60(54)68)45-14-2-4-16-48(45)56-20-6-8-30-66-56/h1-38H. The van der Waals surface area contributed by atoms with Crippen LogP contribution in [0.15, 0.2) is 236 Å². The van der Waals surface area contributed by atoms with E-state index in [4.69, 9.17) is 4.42 Å². The number of rotatable bonds is 7. The smallest absolute Gasteiger partial charge is 0.143 e. The molecule has 0 spiro atoms. The van der Waals surface area contributed by atoms with Gasteiger partial charge in [-0.25, -0.2) is 0 Å². The van der Waals surface area contributed by atoms with E-state index in [0.717, 1.165) is 133 Å². The Kier molecular flexibility index (Phi) is 8.75. The number of para-hydroxylation sites is 1. The van der Waals surface area contributed by atoms with Crippen molar-refractivity contribution < 1.29 is 4.42 Å². The zero-order valence-corrected chi connectivity index (χ0v) is 37.0. The van der Waals surface area contributed by atoms with Gasteiger partial charge in [0.2, 0.25) is 0 Å². The Hall–Kier alpha value is -9.46. The van der Waals surface area contributed by atoms with Gasteiger partial charge in [-0.05, 0) is 119 Å². The molecule has 0 saturated carbocycles. The van der Waals surface area contributed by atoms with Crippen molar-refractivity contribution in [1.82, 2.24) is 29.1 Å². The number of fused-ring (bicyclic) bond motifs is 9. The fourth-order valence-electron chi connectivity index (χ4n) is 10.5. The number of benzene rings is 7. The Bertz CT molecular complexity index is 4320. The molecule has 0 N–H and O–H groups in total. The first-order valence-corrected chi connectivity index (χ1v) is 23.1. The molecule has 14 rings (SSSR count). The van der Waals surface area contributed by atoms with E-state index in [9.17, 15) is 0 Å². The summed E-state index contributed by atoms with van der Waals surface area (Å²) in [6.07, 6.45) is 11.4. The predicted octanol–water partition coefficient (Wildman–Crippen LogP) is 15.7. The lowest BCUT2D eigenvalue weighted by molar-refractivity contribution is 0.670. The van der Waals surface area contributed by atoms with Crippen LogP contribution in [-0.4, -0.2) is 29.1 Å². The molecule has 0 aliphatic rings. The first-order chi connectivity index (χ1) is 34.2. The van der Waals surface area contributed by atoms with Crippen molar-refractivity contribution in [2.75, 3.05) is 0 Å². The minimum Gasteiger partial charge on any atom is -0.455 e. The van der Waals surface area contributed by atoms with Crippen molar-refractivity contribution in [3.8, 4) is 67.3 Å². The van der Waals surface area contributed by atoms with Gasteiger partial charge in [-0.1, -0.05) is 103 Å². The van der Waals surface area contributed by atoms with E-state index in [1.165, 1.54) is 0 Å². The summed E-state index contributed by atoms with van der Waals surface area (Å²) in [5, 5.41) is 6.58. The van der Waals surface area contributed by atoms with E-state index >= 15 is 0 Å². The number of pyridine rings is 4. The summed E-state index contributed by atoms with van der Waals surface area (Å²) in [5.74, 6) is 0. The molecule has 0 saturated heterocycles. The van der Waals surface area contributed by atoms with Crippen molar-refractivity contribution in [1.29, 1.82) is 0 Å². The second kappa shape index (κ2) is 15.6. The van der Waals surface area contributed by atoms with Crippen molar-refractivity contribution in [3.05, 3.63) is 231 Å². The molecular formula is C62H38N6O. The van der Waals surface area contributed by atoms with E-state index in [1.807, 2.05) is 61.4 Å². The normalized spacial score (nSPS) is 11.8. The molecule has 69 heavy (non-hydrogen) atoms. The van der Waals surface area contributed by atoms with Crippen LogP contribution >= 0.6 is 0 Å². The van der Waals surface area contributed by atoms with Crippen LogP contribution in [0.2, 0.25) is 0 Å². The topological polar surface area (TPSA) is 74.6 Å². The molecule has 7 aromatic heterocycles. The fourth-order valence-corrected chi connectivity index (χ4v) is 10.5. The van der Waals surface area contributed by atoms with Gasteiger partial charge in [0, 0.05) is 97.6 Å². The van der Waals surface area contributed by atoms with Crippen molar-refractivity contribution in [3.63, 3.8) is 0 Å². The summed E-state index contributed by atoms with van der Waals surface area (Å²) in [5.41, 5.74) is 18.9. The maximum atomic E-state index is 6.82. The highest BCUT2D eigenvalue weighted by molar-refractivity contribution is 6.14. The molecule has 7 aromatic carbocycles. The van der Waals surface area contributed by atoms with Gasteiger partial charge in [-0.3, -0.25) is 19.9 Å². The maximum absolute atomic E-state index is 6.82. The highest BCUT2D eigenvalue weighted by Crippen LogP contribution is 2.42. The van der Waals surface area contributed by atoms with Gasteiger partial charge in [0.25, 0.3) is 0 Å². The monoisotopic (exact) mass is 882 g/mol. The Morgan fingerprint density at radius 1 is 0.319 bits per heavy atom. The van der Waals surface area contributed by atoms with Gasteiger partial charge in [0.15, 0.2) is 0 Å². The second-order valence-corrected chi connectivity index (χ2v) is 17.5. The van der Waals surface area contributed by atoms with Crippen LogP contribution in [-0.2, 0) is 0 Å². The summed E-state index contributed by atoms with van der Waals surface area (Å²) in [4.78, 5) is 18.6. The Morgan fingerprint density at radius 2 is 0.841 bits per heavy atom. The molecule has 0 aliphatic heterocycles. The number of nitrogens with zero attached hydrogens (tertiary/aromatic N) is 6. The van der Waals surface area contributed by atoms with Crippen LogP contribution in [0.3, 0.4) is 0 Å². The average Bonchev–Trinajstić information content (AvgIpc) is 4.08. The van der Waals surface area contributed by atoms with E-state index < -0.39 is 0 Å². The lowest BCUT2D eigenvalue weighted by atomic mass is 9.96. The molecule has 7 heterocycles. The number of furan rings is 1. The second-order valence-electron chi connectivity index (χ2n) is 17.5. The minimum absolute atomic E-state index is 0.837. The third-order valence-corrected chi connectivity index (χ3v) is 13.6. The molecule has 0 radical (unpaired) electrons. The quantitative estimate of drug-likeness (QED) is 0.159. The van der Waals surface area contributed by atoms with Gasteiger partial charge in [-0.15, -0.1) is 0 Å². The van der Waals surface area contributed by atoms with Gasteiger partial charge in [0.1, 0.15) is 11.2 Å². The largest absolute Gasteiger partial charge is 0.455 e. The molecule has 0 amide bonds. The minimum atomic E-state index is 0.837. The summed E-state index contributed by atoms with van der Waals surface area (Å²) in [7, 11) is 0. The molecule has 0 bridgehead atoms. The summed E-state index contributed by atoms with van der Waals surface area (Å²) < 4.78 is 11.5. The summed E-state index contributed by atoms with van der Waals surface area (Å²) in [6, 6.07) is 68.5. The summed E-state index contributed by atoms with van der Waals surface area (Å²) in [6.45, 7) is 0. The predicted molar refractivity (Wildman–Crippen MR) is 281 cm³/mol. The molecule has 0 unspecified atom stereocenters. The van der Waals surface area contributed by atoms with Crippen LogP contribution in [0.25, 0.3) is 133 Å². The number of hydrogen-bond acceptors (Lipinski definition) is 5. The van der Waals surface area contributed by atoms with Crippen molar-refractivity contribution >= 4 is 65.6 Å². The molecule has 0 atom stereocenters. The van der Waals surface area contributed by atoms with E-state index in [-0.39, 0.29) is 0 Å². The zero-order valence-electron chi connectivity index (χ0n) is 37.0. The van der Waals surface area contributed by atoms with Crippen molar-refractivity contribution in [2.24, 2.45) is 0 Å². The van der Waals surface area contributed by atoms with Crippen molar-refractivity contribution in [2.45, 2.75) is 0 Å². The Morgan fingerprint density at radius 3 is 1.43 bits per heavy atom. The van der Waals surface area contributed by atoms with Crippen LogP contribution in [0.5, 0.6) is 0 Å². The first-order valence-electron chi connectivity index (χ1n) is 23.1. The maximum Gasteiger partial charge on any atom is 0.143 e. The van der Waals surface area contributed by atoms with Crippen LogP contribution in [0, 0.1) is 0 Å². The van der Waals surface area contributed by atoms with Gasteiger partial charge >= 0.3 is 0 Å². The highest BCUT2D eigenvalue weighted by atomic mass is 16.3. The third-order valence-electron chi connectivity index (χ3n) is 13.6. The molecular weight excluding hydrogens is 845 g/mol. The summed E-state index contributed by atoms with van der Waals surface area (Å²) >= 11 is 0. The van der Waals surface area contributed by atoms with Gasteiger partial charge in [-0.2, -0.15) is 0 Å². The van der Waals surface area contributed by atoms with E-state index in [2.05, 4.69) is 199 Å². The lowest BCUT2D eigenvalue weighted by Crippen LogP contribution is -1.94. The first kappa shape index (κ1) is 38.8. The van der Waals surface area contributed by atoms with Gasteiger partial charge in [0.05, 0.1) is 33.5 Å². The van der Waals surface area contributed by atoms with Crippen LogP contribution in [0.1, 0.15) is 0 Å². The van der Waals surface area contributed by atoms with Gasteiger partial charge < -0.3 is 13.6 Å². The zero-order chi connectivity index (χ0) is 45.4. The number of aromatic nitrogens is 6. The number of hydrogen-bond donors (Lipinski definition) is 0. The Labute approximate surface area is 395 Å². The van der Waals surface area contributed by atoms with E-state index in [1.54, 1.807) is 0 Å². The molecule has 14 aromatic rings. The molecule has 7 heteroatoms. The van der Waals surface area contributed by atoms with Crippen LogP contribution < -0.4 is 0 Å². The fraction of sp³-hybridized carbons (Fsp3) is 0. The Balaban J connectivity index is 0.869.